The predicted molar refractivity (Wildman–Crippen MR) is 80.9 cm³/mol. The van der Waals surface area contributed by atoms with Crippen LogP contribution in [0.2, 0.25) is 0 Å². The summed E-state index contributed by atoms with van der Waals surface area (Å²) in [5, 5.41) is 6.26. The summed E-state index contributed by atoms with van der Waals surface area (Å²) in [6, 6.07) is 3.74. The molecule has 4 nitrogen and oxygen atoms in total. The maximum atomic E-state index is 11.7. The van der Waals surface area contributed by atoms with Crippen LogP contribution in [0.25, 0.3) is 0 Å². The van der Waals surface area contributed by atoms with E-state index in [0.29, 0.717) is 6.54 Å². The van der Waals surface area contributed by atoms with Gasteiger partial charge in [0.25, 0.3) is 5.91 Å². The third kappa shape index (κ3) is 4.85. The second kappa shape index (κ2) is 8.12. The predicted octanol–water partition coefficient (Wildman–Crippen LogP) is 1.57. The molecule has 0 radical (unpaired) electrons. The molecule has 1 aliphatic rings. The molecule has 7 heteroatoms. The van der Waals surface area contributed by atoms with Gasteiger partial charge in [0.2, 0.25) is 0 Å². The van der Waals surface area contributed by atoms with Crippen molar-refractivity contribution in [2.45, 2.75) is 0 Å². The third-order valence-electron chi connectivity index (χ3n) is 2.72. The number of rotatable bonds is 4. The van der Waals surface area contributed by atoms with Crippen molar-refractivity contribution in [1.29, 1.82) is 0 Å². The van der Waals surface area contributed by atoms with Gasteiger partial charge in [-0.3, -0.25) is 9.69 Å². The van der Waals surface area contributed by atoms with Gasteiger partial charge in [-0.2, -0.15) is 0 Å². The molecular formula is C11H17BrClN3OS. The second-order valence-corrected chi connectivity index (χ2v) is 6.41. The Balaban J connectivity index is 0.00000162. The molecule has 1 aromatic rings. The van der Waals surface area contributed by atoms with Crippen LogP contribution >= 0.6 is 39.7 Å². The van der Waals surface area contributed by atoms with Crippen LogP contribution in [-0.4, -0.2) is 50.1 Å². The van der Waals surface area contributed by atoms with Crippen LogP contribution in [0.1, 0.15) is 9.67 Å². The molecule has 2 heterocycles. The van der Waals surface area contributed by atoms with Crippen molar-refractivity contribution in [3.05, 3.63) is 20.8 Å². The third-order valence-corrected chi connectivity index (χ3v) is 4.34. The van der Waals surface area contributed by atoms with E-state index in [4.69, 9.17) is 0 Å². The van der Waals surface area contributed by atoms with Crippen molar-refractivity contribution in [3.63, 3.8) is 0 Å². The summed E-state index contributed by atoms with van der Waals surface area (Å²) in [6.45, 7) is 5.88. The van der Waals surface area contributed by atoms with Crippen LogP contribution in [-0.2, 0) is 0 Å². The van der Waals surface area contributed by atoms with Gasteiger partial charge < -0.3 is 10.6 Å². The Bertz CT molecular complexity index is 382. The van der Waals surface area contributed by atoms with E-state index in [1.807, 2.05) is 12.1 Å². The van der Waals surface area contributed by atoms with Gasteiger partial charge in [0, 0.05) is 39.3 Å². The summed E-state index contributed by atoms with van der Waals surface area (Å²) in [5.74, 6) is 0.0239. The maximum Gasteiger partial charge on any atom is 0.261 e. The summed E-state index contributed by atoms with van der Waals surface area (Å²) in [7, 11) is 0. The molecule has 18 heavy (non-hydrogen) atoms. The highest BCUT2D eigenvalue weighted by molar-refractivity contribution is 9.11. The molecule has 1 aliphatic heterocycles. The molecule has 1 aromatic heterocycles. The molecule has 0 unspecified atom stereocenters. The lowest BCUT2D eigenvalue weighted by Crippen LogP contribution is -2.46. The number of hydrogen-bond donors (Lipinski definition) is 2. The van der Waals surface area contributed by atoms with Gasteiger partial charge in [-0.05, 0) is 28.1 Å². The van der Waals surface area contributed by atoms with Gasteiger partial charge in [-0.25, -0.2) is 0 Å². The van der Waals surface area contributed by atoms with Gasteiger partial charge in [0.05, 0.1) is 8.66 Å². The van der Waals surface area contributed by atoms with Gasteiger partial charge >= 0.3 is 0 Å². The zero-order chi connectivity index (χ0) is 12.1. The highest BCUT2D eigenvalue weighted by atomic mass is 79.9. The Kier molecular flexibility index (Phi) is 7.18. The van der Waals surface area contributed by atoms with E-state index in [2.05, 4.69) is 31.5 Å². The number of nitrogens with one attached hydrogen (secondary N) is 2. The minimum atomic E-state index is 0. The lowest BCUT2D eigenvalue weighted by molar-refractivity contribution is 0.0951. The number of thiophene rings is 1. The van der Waals surface area contributed by atoms with Crippen LogP contribution in [0.5, 0.6) is 0 Å². The first kappa shape index (κ1) is 15.9. The second-order valence-electron chi connectivity index (χ2n) is 3.95. The minimum Gasteiger partial charge on any atom is -0.350 e. The highest BCUT2D eigenvalue weighted by Crippen LogP contribution is 2.21. The van der Waals surface area contributed by atoms with E-state index in [-0.39, 0.29) is 18.3 Å². The van der Waals surface area contributed by atoms with Gasteiger partial charge in [0.1, 0.15) is 0 Å². The molecule has 1 saturated heterocycles. The van der Waals surface area contributed by atoms with E-state index in [1.165, 1.54) is 11.3 Å². The first-order chi connectivity index (χ1) is 8.25. The lowest BCUT2D eigenvalue weighted by atomic mass is 10.3. The quantitative estimate of drug-likeness (QED) is 0.862. The molecule has 0 spiro atoms. The van der Waals surface area contributed by atoms with Crippen LogP contribution in [0.4, 0.5) is 0 Å². The molecular weight excluding hydrogens is 338 g/mol. The molecule has 102 valence electrons. The molecule has 0 saturated carbocycles. The number of halogens is 2. The summed E-state index contributed by atoms with van der Waals surface area (Å²) in [5.41, 5.74) is 0. The van der Waals surface area contributed by atoms with E-state index in [0.717, 1.165) is 41.4 Å². The summed E-state index contributed by atoms with van der Waals surface area (Å²) < 4.78 is 0.991. The molecule has 0 aromatic carbocycles. The molecule has 0 atom stereocenters. The van der Waals surface area contributed by atoms with E-state index in [9.17, 15) is 4.79 Å². The van der Waals surface area contributed by atoms with Crippen molar-refractivity contribution >= 4 is 45.6 Å². The van der Waals surface area contributed by atoms with Gasteiger partial charge in [-0.1, -0.05) is 0 Å². The molecule has 2 rings (SSSR count). The first-order valence-corrected chi connectivity index (χ1v) is 7.33. The van der Waals surface area contributed by atoms with Crippen LogP contribution < -0.4 is 10.6 Å². The Morgan fingerprint density at radius 3 is 2.78 bits per heavy atom. The van der Waals surface area contributed by atoms with Gasteiger partial charge in [-0.15, -0.1) is 23.7 Å². The number of hydrogen-bond acceptors (Lipinski definition) is 4. The van der Waals surface area contributed by atoms with Crippen molar-refractivity contribution in [3.8, 4) is 0 Å². The van der Waals surface area contributed by atoms with Crippen LogP contribution in [0, 0.1) is 0 Å². The average Bonchev–Trinajstić information content (AvgIpc) is 2.77. The zero-order valence-corrected chi connectivity index (χ0v) is 13.2. The molecule has 2 N–H and O–H groups in total. The standard InChI is InChI=1S/C11H16BrN3OS.ClH/c12-10-2-1-9(17-10)11(16)14-5-8-15-6-3-13-4-7-15;/h1-2,13H,3-8H2,(H,14,16);1H. The molecule has 0 bridgehead atoms. The van der Waals surface area contributed by atoms with Crippen molar-refractivity contribution < 1.29 is 4.79 Å². The maximum absolute atomic E-state index is 11.7. The fourth-order valence-electron chi connectivity index (χ4n) is 1.79. The van der Waals surface area contributed by atoms with E-state index in [1.54, 1.807) is 0 Å². The monoisotopic (exact) mass is 353 g/mol. The number of piperazine rings is 1. The van der Waals surface area contributed by atoms with Crippen LogP contribution in [0.15, 0.2) is 15.9 Å². The van der Waals surface area contributed by atoms with Crippen LogP contribution in [0.3, 0.4) is 0 Å². The largest absolute Gasteiger partial charge is 0.350 e. The van der Waals surface area contributed by atoms with Crippen molar-refractivity contribution in [1.82, 2.24) is 15.5 Å². The fraction of sp³-hybridized carbons (Fsp3) is 0.545. The van der Waals surface area contributed by atoms with Crippen molar-refractivity contribution in [2.75, 3.05) is 39.3 Å². The topological polar surface area (TPSA) is 44.4 Å². The SMILES string of the molecule is Cl.O=C(NCCN1CCNCC1)c1ccc(Br)s1. The molecule has 1 amide bonds. The smallest absolute Gasteiger partial charge is 0.261 e. The Morgan fingerprint density at radius 1 is 1.44 bits per heavy atom. The number of carbonyl (C=O) groups is 1. The minimum absolute atomic E-state index is 0. The number of amides is 1. The zero-order valence-electron chi connectivity index (χ0n) is 9.95. The number of nitrogens with zero attached hydrogens (tertiary/aromatic N) is 1. The normalized spacial score (nSPS) is 16.1. The van der Waals surface area contributed by atoms with E-state index < -0.39 is 0 Å². The summed E-state index contributed by atoms with van der Waals surface area (Å²) in [4.78, 5) is 14.9. The Morgan fingerprint density at radius 2 is 2.17 bits per heavy atom. The molecule has 0 aliphatic carbocycles. The average molecular weight is 355 g/mol. The van der Waals surface area contributed by atoms with Gasteiger partial charge in [0.15, 0.2) is 0 Å². The highest BCUT2D eigenvalue weighted by Gasteiger charge is 2.11. The Hall–Kier alpha value is -0.140. The fourth-order valence-corrected chi connectivity index (χ4v) is 3.09. The summed E-state index contributed by atoms with van der Waals surface area (Å²) >= 11 is 4.82. The Labute approximate surface area is 126 Å². The molecule has 1 fully saturated rings. The first-order valence-electron chi connectivity index (χ1n) is 5.72. The van der Waals surface area contributed by atoms with E-state index >= 15 is 0 Å². The number of carbonyl (C=O) groups excluding carboxylic acids is 1. The summed E-state index contributed by atoms with van der Waals surface area (Å²) in [6.07, 6.45) is 0. The van der Waals surface area contributed by atoms with Crippen molar-refractivity contribution in [2.24, 2.45) is 0 Å². The lowest BCUT2D eigenvalue weighted by Gasteiger charge is -2.26.